The number of ether oxygens (including phenoxy) is 2. The average Bonchev–Trinajstić information content (AvgIpc) is 3.06. The monoisotopic (exact) mass is 474 g/mol. The molecule has 0 saturated carbocycles. The van der Waals surface area contributed by atoms with Crippen molar-refractivity contribution in [2.45, 2.75) is 58.9 Å². The van der Waals surface area contributed by atoms with Gasteiger partial charge in [0.25, 0.3) is 0 Å². The summed E-state index contributed by atoms with van der Waals surface area (Å²) in [5, 5.41) is 0. The van der Waals surface area contributed by atoms with Crippen LogP contribution in [-0.2, 0) is 22.4 Å². The van der Waals surface area contributed by atoms with Gasteiger partial charge in [-0.3, -0.25) is 0 Å². The number of aryl methyl sites for hydroxylation is 1. The Morgan fingerprint density at radius 3 is 1.66 bits per heavy atom. The Balaban J connectivity index is 1.67. The lowest BCUT2D eigenvalue weighted by molar-refractivity contribution is 0.00578. The summed E-state index contributed by atoms with van der Waals surface area (Å²) < 4.78 is 23.3. The molecule has 1 saturated heterocycles. The van der Waals surface area contributed by atoms with Gasteiger partial charge in [0.2, 0.25) is 0 Å². The number of pyridine rings is 1. The number of hydrogen-bond donors (Lipinski definition) is 0. The maximum atomic E-state index is 6.33. The summed E-state index contributed by atoms with van der Waals surface area (Å²) >= 11 is 0. The molecule has 2 aromatic carbocycles. The quantitative estimate of drug-likeness (QED) is 0.433. The van der Waals surface area contributed by atoms with Crippen LogP contribution in [0.4, 0.5) is 5.82 Å². The summed E-state index contributed by atoms with van der Waals surface area (Å²) in [5.41, 5.74) is 3.42. The Bertz CT molecular complexity index is 1080. The molecule has 0 spiro atoms. The molecule has 0 amide bonds. The Labute approximate surface area is 209 Å². The van der Waals surface area contributed by atoms with Crippen molar-refractivity contribution in [3.63, 3.8) is 0 Å². The Hall–Kier alpha value is -3.03. The third kappa shape index (κ3) is 5.63. The molecule has 0 N–H and O–H groups in total. The van der Waals surface area contributed by atoms with E-state index < -0.39 is 18.3 Å². The SMILES string of the molecule is COc1ccc(CN(Cc2ccc(OC)cc2)c2cc(B3OC(C)(C)C(C)(C)O3)cc(C)n2)cc1. The molecule has 0 bridgehead atoms. The van der Waals surface area contributed by atoms with Gasteiger partial charge in [-0.25, -0.2) is 4.98 Å². The number of anilines is 1. The summed E-state index contributed by atoms with van der Waals surface area (Å²) in [6, 6.07) is 20.4. The molecule has 1 fully saturated rings. The first kappa shape index (κ1) is 25.1. The Morgan fingerprint density at radius 1 is 0.771 bits per heavy atom. The van der Waals surface area contributed by atoms with Gasteiger partial charge in [0.15, 0.2) is 0 Å². The van der Waals surface area contributed by atoms with Gasteiger partial charge in [-0.2, -0.15) is 0 Å². The summed E-state index contributed by atoms with van der Waals surface area (Å²) in [7, 11) is 2.92. The van der Waals surface area contributed by atoms with E-state index in [2.05, 4.69) is 62.9 Å². The van der Waals surface area contributed by atoms with Crippen molar-refractivity contribution in [3.8, 4) is 11.5 Å². The van der Waals surface area contributed by atoms with Crippen LogP contribution in [0, 0.1) is 6.92 Å². The van der Waals surface area contributed by atoms with Gasteiger partial charge in [0.05, 0.1) is 25.4 Å². The lowest BCUT2D eigenvalue weighted by atomic mass is 9.79. The van der Waals surface area contributed by atoms with Crippen LogP contribution in [0.2, 0.25) is 0 Å². The van der Waals surface area contributed by atoms with E-state index in [1.54, 1.807) is 14.2 Å². The molecular formula is C28H35BN2O4. The van der Waals surface area contributed by atoms with Gasteiger partial charge in [-0.05, 0) is 87.6 Å². The fraction of sp³-hybridized carbons (Fsp3) is 0.393. The fourth-order valence-electron chi connectivity index (χ4n) is 4.07. The van der Waals surface area contributed by atoms with Crippen molar-refractivity contribution in [1.82, 2.24) is 4.98 Å². The second kappa shape index (κ2) is 9.92. The van der Waals surface area contributed by atoms with Crippen LogP contribution in [0.15, 0.2) is 60.7 Å². The number of benzene rings is 2. The molecule has 2 heterocycles. The molecule has 0 unspecified atom stereocenters. The van der Waals surface area contributed by atoms with Crippen LogP contribution in [0.25, 0.3) is 0 Å². The van der Waals surface area contributed by atoms with Crippen LogP contribution in [0.3, 0.4) is 0 Å². The van der Waals surface area contributed by atoms with E-state index in [9.17, 15) is 0 Å². The topological polar surface area (TPSA) is 53.1 Å². The molecular weight excluding hydrogens is 439 g/mol. The molecule has 184 valence electrons. The third-order valence-electron chi connectivity index (χ3n) is 6.88. The molecule has 0 atom stereocenters. The minimum atomic E-state index is -0.440. The van der Waals surface area contributed by atoms with Crippen LogP contribution in [0.5, 0.6) is 11.5 Å². The average molecular weight is 474 g/mol. The van der Waals surface area contributed by atoms with E-state index in [4.69, 9.17) is 23.8 Å². The molecule has 7 heteroatoms. The Morgan fingerprint density at radius 2 is 1.23 bits per heavy atom. The Kier molecular flexibility index (Phi) is 7.11. The summed E-state index contributed by atoms with van der Waals surface area (Å²) in [6.07, 6.45) is 0. The zero-order valence-electron chi connectivity index (χ0n) is 21.8. The number of hydrogen-bond acceptors (Lipinski definition) is 6. The molecule has 1 aromatic heterocycles. The fourth-order valence-corrected chi connectivity index (χ4v) is 4.07. The molecule has 6 nitrogen and oxygen atoms in total. The van der Waals surface area contributed by atoms with Gasteiger partial charge >= 0.3 is 7.12 Å². The minimum Gasteiger partial charge on any atom is -0.497 e. The number of nitrogens with zero attached hydrogens (tertiary/aromatic N) is 2. The number of methoxy groups -OCH3 is 2. The summed E-state index contributed by atoms with van der Waals surface area (Å²) in [6.45, 7) is 11.7. The highest BCUT2D eigenvalue weighted by Gasteiger charge is 2.51. The van der Waals surface area contributed by atoms with Crippen molar-refractivity contribution >= 4 is 18.4 Å². The predicted octanol–water partition coefficient (Wildman–Crippen LogP) is 4.91. The minimum absolute atomic E-state index is 0.402. The van der Waals surface area contributed by atoms with Gasteiger partial charge < -0.3 is 23.7 Å². The van der Waals surface area contributed by atoms with Gasteiger partial charge in [-0.1, -0.05) is 24.3 Å². The second-order valence-electron chi connectivity index (χ2n) is 10.0. The van der Waals surface area contributed by atoms with Gasteiger partial charge in [0, 0.05) is 18.8 Å². The van der Waals surface area contributed by atoms with Crippen LogP contribution in [0.1, 0.15) is 44.5 Å². The van der Waals surface area contributed by atoms with Crippen LogP contribution < -0.4 is 19.8 Å². The van der Waals surface area contributed by atoms with Gasteiger partial charge in [-0.15, -0.1) is 0 Å². The van der Waals surface area contributed by atoms with Crippen molar-refractivity contribution < 1.29 is 18.8 Å². The van der Waals surface area contributed by atoms with Crippen molar-refractivity contribution in [2.75, 3.05) is 19.1 Å². The predicted molar refractivity (Wildman–Crippen MR) is 141 cm³/mol. The lowest BCUT2D eigenvalue weighted by Gasteiger charge is -2.32. The number of rotatable bonds is 8. The first-order valence-electron chi connectivity index (χ1n) is 12.0. The highest BCUT2D eigenvalue weighted by molar-refractivity contribution is 6.62. The van der Waals surface area contributed by atoms with Crippen LogP contribution in [-0.4, -0.2) is 37.5 Å². The second-order valence-corrected chi connectivity index (χ2v) is 10.0. The van der Waals surface area contributed by atoms with E-state index in [1.165, 1.54) is 11.1 Å². The standard InChI is InChI=1S/C28H35BN2O4/c1-20-16-23(29-34-27(2,3)28(4,5)35-29)17-26(30-20)31(18-21-8-12-24(32-6)13-9-21)19-22-10-14-25(33-7)15-11-22/h8-17H,18-19H2,1-7H3. The highest BCUT2D eigenvalue weighted by atomic mass is 16.7. The van der Waals surface area contributed by atoms with E-state index in [0.29, 0.717) is 13.1 Å². The maximum absolute atomic E-state index is 6.33. The van der Waals surface area contributed by atoms with Gasteiger partial charge in [0.1, 0.15) is 17.3 Å². The maximum Gasteiger partial charge on any atom is 0.495 e. The molecule has 3 aromatic rings. The molecule has 1 aliphatic rings. The van der Waals surface area contributed by atoms with E-state index >= 15 is 0 Å². The first-order chi connectivity index (χ1) is 16.6. The molecule has 35 heavy (non-hydrogen) atoms. The summed E-state index contributed by atoms with van der Waals surface area (Å²) in [4.78, 5) is 7.17. The lowest BCUT2D eigenvalue weighted by Crippen LogP contribution is -2.41. The normalized spacial score (nSPS) is 16.3. The van der Waals surface area contributed by atoms with Crippen molar-refractivity contribution in [3.05, 3.63) is 77.5 Å². The summed E-state index contributed by atoms with van der Waals surface area (Å²) in [5.74, 6) is 2.56. The van der Waals surface area contributed by atoms with Crippen LogP contribution >= 0.6 is 0 Å². The van der Waals surface area contributed by atoms with Crippen molar-refractivity contribution in [2.24, 2.45) is 0 Å². The van der Waals surface area contributed by atoms with E-state index in [-0.39, 0.29) is 0 Å². The molecule has 1 aliphatic heterocycles. The largest absolute Gasteiger partial charge is 0.497 e. The van der Waals surface area contributed by atoms with Crippen molar-refractivity contribution in [1.29, 1.82) is 0 Å². The van der Waals surface area contributed by atoms with E-state index in [0.717, 1.165) is 28.5 Å². The smallest absolute Gasteiger partial charge is 0.495 e. The number of aromatic nitrogens is 1. The molecule has 0 radical (unpaired) electrons. The zero-order valence-corrected chi connectivity index (χ0v) is 21.8. The highest BCUT2D eigenvalue weighted by Crippen LogP contribution is 2.36. The molecule has 0 aliphatic carbocycles. The van der Waals surface area contributed by atoms with E-state index in [1.807, 2.05) is 37.3 Å². The molecule has 4 rings (SSSR count). The third-order valence-corrected chi connectivity index (χ3v) is 6.88. The zero-order chi connectivity index (χ0) is 25.2. The first-order valence-corrected chi connectivity index (χ1v) is 12.0.